The molecule has 0 N–H and O–H groups in total. The maximum atomic E-state index is 2.50. The van der Waals surface area contributed by atoms with Crippen LogP contribution in [0.25, 0.3) is 99.5 Å². The number of benzene rings is 8. The monoisotopic (exact) mass is 674 g/mol. The van der Waals surface area contributed by atoms with Crippen molar-refractivity contribution < 1.29 is 0 Å². The van der Waals surface area contributed by atoms with Crippen molar-refractivity contribution >= 4 is 43.6 Å². The molecule has 2 aromatic heterocycles. The Bertz CT molecular complexity index is 3190. The minimum atomic E-state index is -0.0755. The molecule has 0 fully saturated rings. The Balaban J connectivity index is 1.17. The lowest BCUT2D eigenvalue weighted by molar-refractivity contribution is 0.661. The van der Waals surface area contributed by atoms with E-state index in [1.54, 1.807) is 0 Å². The number of hydrogen-bond donors (Lipinski definition) is 0. The Morgan fingerprint density at radius 2 is 1.00 bits per heavy atom. The Kier molecular flexibility index (Phi) is 5.60. The van der Waals surface area contributed by atoms with Crippen molar-refractivity contribution in [2.45, 2.75) is 19.3 Å². The highest BCUT2D eigenvalue weighted by atomic mass is 15.0. The second-order valence-electron chi connectivity index (χ2n) is 15.3. The number of nitrogens with zero attached hydrogens (tertiary/aromatic N) is 2. The van der Waals surface area contributed by atoms with Crippen LogP contribution in [0.3, 0.4) is 0 Å². The van der Waals surface area contributed by atoms with Gasteiger partial charge in [0.05, 0.1) is 27.8 Å². The quantitative estimate of drug-likeness (QED) is 0.173. The molecule has 10 aromatic rings. The topological polar surface area (TPSA) is 9.86 Å². The molecule has 0 atom stereocenters. The summed E-state index contributed by atoms with van der Waals surface area (Å²) >= 11 is 0. The van der Waals surface area contributed by atoms with Crippen LogP contribution in [-0.4, -0.2) is 9.13 Å². The molecule has 0 bridgehead atoms. The van der Waals surface area contributed by atoms with Crippen LogP contribution in [0.2, 0.25) is 0 Å². The number of para-hydroxylation sites is 3. The lowest BCUT2D eigenvalue weighted by Gasteiger charge is -2.21. The van der Waals surface area contributed by atoms with Crippen molar-refractivity contribution in [3.63, 3.8) is 0 Å². The van der Waals surface area contributed by atoms with E-state index in [-0.39, 0.29) is 5.41 Å². The van der Waals surface area contributed by atoms with E-state index >= 15 is 0 Å². The van der Waals surface area contributed by atoms with Gasteiger partial charge in [-0.15, -0.1) is 0 Å². The van der Waals surface area contributed by atoms with Crippen LogP contribution in [-0.2, 0) is 5.41 Å². The fraction of sp³-hybridized carbons (Fsp3) is 0.0588. The first-order valence-corrected chi connectivity index (χ1v) is 18.6. The van der Waals surface area contributed by atoms with Gasteiger partial charge in [-0.3, -0.25) is 0 Å². The molecule has 8 aromatic carbocycles. The molecule has 2 nitrogen and oxygen atoms in total. The predicted octanol–water partition coefficient (Wildman–Crippen LogP) is 13.5. The second-order valence-corrected chi connectivity index (χ2v) is 15.3. The molecular weight excluding hydrogens is 641 g/mol. The van der Waals surface area contributed by atoms with Crippen molar-refractivity contribution in [1.82, 2.24) is 9.13 Å². The van der Waals surface area contributed by atoms with E-state index in [9.17, 15) is 0 Å². The van der Waals surface area contributed by atoms with E-state index in [1.807, 2.05) is 0 Å². The second kappa shape index (κ2) is 10.2. The maximum absolute atomic E-state index is 2.50. The summed E-state index contributed by atoms with van der Waals surface area (Å²) in [4.78, 5) is 0. The largest absolute Gasteiger partial charge is 0.309 e. The number of rotatable bonds is 2. The molecule has 1 aliphatic heterocycles. The average molecular weight is 675 g/mol. The van der Waals surface area contributed by atoms with Crippen molar-refractivity contribution in [1.29, 1.82) is 0 Å². The molecule has 248 valence electrons. The van der Waals surface area contributed by atoms with Gasteiger partial charge < -0.3 is 9.13 Å². The summed E-state index contributed by atoms with van der Waals surface area (Å²) in [5.41, 5.74) is 20.3. The predicted molar refractivity (Wildman–Crippen MR) is 223 cm³/mol. The molecule has 3 heterocycles. The summed E-state index contributed by atoms with van der Waals surface area (Å²) in [5.74, 6) is 0. The van der Waals surface area contributed by atoms with Crippen LogP contribution < -0.4 is 0 Å². The molecule has 0 amide bonds. The van der Waals surface area contributed by atoms with Crippen molar-refractivity contribution in [2.75, 3.05) is 0 Å². The fourth-order valence-electron chi connectivity index (χ4n) is 9.82. The van der Waals surface area contributed by atoms with Gasteiger partial charge in [-0.1, -0.05) is 123 Å². The molecule has 1 aliphatic carbocycles. The van der Waals surface area contributed by atoms with E-state index in [0.29, 0.717) is 0 Å². The maximum Gasteiger partial charge on any atom is 0.0620 e. The summed E-state index contributed by atoms with van der Waals surface area (Å²) in [6.45, 7) is 4.74. The average Bonchev–Trinajstić information content (AvgIpc) is 3.76. The molecule has 0 unspecified atom stereocenters. The van der Waals surface area contributed by atoms with Crippen molar-refractivity contribution in [2.24, 2.45) is 0 Å². The van der Waals surface area contributed by atoms with Gasteiger partial charge in [0, 0.05) is 43.8 Å². The van der Waals surface area contributed by atoms with Crippen molar-refractivity contribution in [3.05, 3.63) is 181 Å². The standard InChI is InChI=1S/C51H34N2/c1-51(2)44-21-11-8-18-36(44)39-29-41-40-26-31(24-25-48(40)52(49(41)30-45(39)51)33-14-4-3-5-15-33)32-27-42-35-17-7-6-16-34(35)37-19-9-12-22-46(37)53-47-23-13-10-20-38(47)43(28-32)50(42)53/h3-30H,1-2H3. The van der Waals surface area contributed by atoms with Crippen LogP contribution in [0.1, 0.15) is 25.0 Å². The van der Waals surface area contributed by atoms with Gasteiger partial charge in [-0.2, -0.15) is 0 Å². The summed E-state index contributed by atoms with van der Waals surface area (Å²) in [6.07, 6.45) is 0. The molecule has 0 saturated heterocycles. The molecule has 53 heavy (non-hydrogen) atoms. The summed E-state index contributed by atoms with van der Waals surface area (Å²) in [7, 11) is 0. The Morgan fingerprint density at radius 1 is 0.358 bits per heavy atom. The van der Waals surface area contributed by atoms with E-state index in [2.05, 4.69) is 193 Å². The molecule has 12 rings (SSSR count). The van der Waals surface area contributed by atoms with Crippen LogP contribution >= 0.6 is 0 Å². The van der Waals surface area contributed by atoms with E-state index in [0.717, 1.165) is 0 Å². The number of fused-ring (bicyclic) bond motifs is 14. The van der Waals surface area contributed by atoms with E-state index in [4.69, 9.17) is 0 Å². The molecule has 0 spiro atoms. The van der Waals surface area contributed by atoms with E-state index < -0.39 is 0 Å². The van der Waals surface area contributed by atoms with Gasteiger partial charge in [0.2, 0.25) is 0 Å². The number of aromatic nitrogens is 2. The van der Waals surface area contributed by atoms with Gasteiger partial charge >= 0.3 is 0 Å². The van der Waals surface area contributed by atoms with Gasteiger partial charge in [-0.05, 0) is 105 Å². The highest BCUT2D eigenvalue weighted by Crippen LogP contribution is 2.52. The molecule has 0 radical (unpaired) electrons. The summed E-state index contributed by atoms with van der Waals surface area (Å²) in [5, 5.41) is 5.11. The fourth-order valence-corrected chi connectivity index (χ4v) is 9.82. The summed E-state index contributed by atoms with van der Waals surface area (Å²) in [6, 6.07) is 63.4. The SMILES string of the molecule is CC1(C)c2ccccc2-c2cc3c4cc(-c5cc6c7c(c5)c5ccccc5n7-c5ccccc5-c5ccccc5-6)ccc4n(-c4ccccc4)c3cc21. The molecule has 2 aliphatic rings. The first kappa shape index (κ1) is 29.0. The first-order valence-electron chi connectivity index (χ1n) is 18.6. The Hall–Kier alpha value is -6.64. The van der Waals surface area contributed by atoms with Crippen LogP contribution in [0.4, 0.5) is 0 Å². The normalized spacial score (nSPS) is 13.6. The molecule has 2 heteroatoms. The van der Waals surface area contributed by atoms with Gasteiger partial charge in [0.1, 0.15) is 0 Å². The van der Waals surface area contributed by atoms with E-state index in [1.165, 1.54) is 111 Å². The van der Waals surface area contributed by atoms with Crippen LogP contribution in [0, 0.1) is 0 Å². The Morgan fingerprint density at radius 3 is 1.85 bits per heavy atom. The highest BCUT2D eigenvalue weighted by molar-refractivity contribution is 6.18. The van der Waals surface area contributed by atoms with Crippen molar-refractivity contribution in [3.8, 4) is 55.9 Å². The zero-order valence-corrected chi connectivity index (χ0v) is 29.6. The van der Waals surface area contributed by atoms with Gasteiger partial charge in [-0.25, -0.2) is 0 Å². The third-order valence-corrected chi connectivity index (χ3v) is 12.2. The highest BCUT2D eigenvalue weighted by Gasteiger charge is 2.36. The zero-order chi connectivity index (χ0) is 35.0. The van der Waals surface area contributed by atoms with Crippen LogP contribution in [0.5, 0.6) is 0 Å². The minimum Gasteiger partial charge on any atom is -0.309 e. The zero-order valence-electron chi connectivity index (χ0n) is 29.6. The smallest absolute Gasteiger partial charge is 0.0620 e. The summed E-state index contributed by atoms with van der Waals surface area (Å²) < 4.78 is 4.96. The van der Waals surface area contributed by atoms with Crippen LogP contribution in [0.15, 0.2) is 170 Å². The number of hydrogen-bond acceptors (Lipinski definition) is 0. The first-order chi connectivity index (χ1) is 26.1. The molecular formula is C51H34N2. The lowest BCUT2D eigenvalue weighted by atomic mass is 9.82. The van der Waals surface area contributed by atoms with Gasteiger partial charge in [0.15, 0.2) is 0 Å². The molecule has 0 saturated carbocycles. The van der Waals surface area contributed by atoms with Gasteiger partial charge in [0.25, 0.3) is 0 Å². The Labute approximate surface area is 307 Å². The minimum absolute atomic E-state index is 0.0755. The third kappa shape index (κ3) is 3.77. The third-order valence-electron chi connectivity index (χ3n) is 12.2. The lowest BCUT2D eigenvalue weighted by Crippen LogP contribution is -2.14.